The van der Waals surface area contributed by atoms with Crippen molar-refractivity contribution in [1.82, 2.24) is 4.90 Å². The lowest BCUT2D eigenvalue weighted by Crippen LogP contribution is -2.32. The van der Waals surface area contributed by atoms with Gasteiger partial charge in [-0.05, 0) is 31.6 Å². The van der Waals surface area contributed by atoms with Crippen molar-refractivity contribution in [1.29, 1.82) is 0 Å². The Morgan fingerprint density at radius 1 is 1.22 bits per heavy atom. The van der Waals surface area contributed by atoms with E-state index in [2.05, 4.69) is 43.2 Å². The van der Waals surface area contributed by atoms with Gasteiger partial charge in [0.25, 0.3) is 0 Å². The number of methoxy groups -OCH3 is 2. The van der Waals surface area contributed by atoms with Crippen LogP contribution in [-0.4, -0.2) is 52.3 Å². The van der Waals surface area contributed by atoms with E-state index in [0.29, 0.717) is 24.0 Å². The lowest BCUT2D eigenvalue weighted by molar-refractivity contribution is 0.249. The van der Waals surface area contributed by atoms with Crippen molar-refractivity contribution < 1.29 is 9.47 Å². The quantitative estimate of drug-likeness (QED) is 0.391. The van der Waals surface area contributed by atoms with E-state index < -0.39 is 0 Å². The van der Waals surface area contributed by atoms with Crippen LogP contribution < -0.4 is 20.5 Å². The highest BCUT2D eigenvalue weighted by Gasteiger charge is 2.18. The number of nitrogens with one attached hydrogen (secondary N) is 1. The number of hydrogen-bond acceptors (Lipinski definition) is 4. The second kappa shape index (κ2) is 9.82. The van der Waals surface area contributed by atoms with Crippen molar-refractivity contribution in [2.75, 3.05) is 46.7 Å². The Morgan fingerprint density at radius 2 is 1.83 bits per heavy atom. The summed E-state index contributed by atoms with van der Waals surface area (Å²) in [6.07, 6.45) is 0. The molecular weight excluding hydrogens is 407 g/mol. The Labute approximate surface area is 156 Å². The van der Waals surface area contributed by atoms with Crippen LogP contribution in [0.25, 0.3) is 0 Å². The van der Waals surface area contributed by atoms with Crippen molar-refractivity contribution in [3.05, 3.63) is 18.2 Å². The number of benzene rings is 1. The average molecular weight is 436 g/mol. The first-order chi connectivity index (χ1) is 10.3. The van der Waals surface area contributed by atoms with Gasteiger partial charge in [0.15, 0.2) is 17.5 Å². The van der Waals surface area contributed by atoms with E-state index in [9.17, 15) is 0 Å². The molecule has 3 N–H and O–H groups in total. The molecule has 0 unspecified atom stereocenters. The summed E-state index contributed by atoms with van der Waals surface area (Å²) in [5.74, 6) is 1.71. The standard InChI is InChI=1S/C16H28N4O2.HI/c1-16(2,11-20(3)4)10-18-15(17)19-12-7-8-13(21-5)14(9-12)22-6;/h7-9H,10-11H2,1-6H3,(H3,17,18,19);1H. The molecule has 0 aliphatic rings. The zero-order valence-electron chi connectivity index (χ0n) is 14.8. The zero-order valence-corrected chi connectivity index (χ0v) is 17.2. The van der Waals surface area contributed by atoms with Gasteiger partial charge in [0.05, 0.1) is 14.2 Å². The third kappa shape index (κ3) is 7.74. The zero-order chi connectivity index (χ0) is 16.8. The maximum Gasteiger partial charge on any atom is 0.193 e. The second-order valence-electron chi connectivity index (χ2n) is 6.30. The molecule has 0 bridgehead atoms. The fourth-order valence-electron chi connectivity index (χ4n) is 2.31. The summed E-state index contributed by atoms with van der Waals surface area (Å²) in [6.45, 7) is 5.93. The summed E-state index contributed by atoms with van der Waals surface area (Å²) in [6, 6.07) is 5.52. The van der Waals surface area contributed by atoms with E-state index >= 15 is 0 Å². The molecule has 6 nitrogen and oxygen atoms in total. The third-order valence-electron chi connectivity index (χ3n) is 3.08. The predicted molar refractivity (Wildman–Crippen MR) is 107 cm³/mol. The summed E-state index contributed by atoms with van der Waals surface area (Å²) in [4.78, 5) is 6.57. The molecule has 0 fully saturated rings. The first kappa shape index (κ1) is 21.8. The van der Waals surface area contributed by atoms with Crippen LogP contribution in [0, 0.1) is 5.41 Å². The lowest BCUT2D eigenvalue weighted by atomic mass is 9.93. The summed E-state index contributed by atoms with van der Waals surface area (Å²) in [7, 11) is 7.31. The van der Waals surface area contributed by atoms with Gasteiger partial charge in [-0.1, -0.05) is 13.8 Å². The van der Waals surface area contributed by atoms with Crippen LogP contribution in [0.3, 0.4) is 0 Å². The van der Waals surface area contributed by atoms with Crippen LogP contribution >= 0.6 is 24.0 Å². The van der Waals surface area contributed by atoms with Crippen molar-refractivity contribution in [3.8, 4) is 11.5 Å². The van der Waals surface area contributed by atoms with E-state index in [4.69, 9.17) is 15.2 Å². The minimum atomic E-state index is 0. The van der Waals surface area contributed by atoms with Gasteiger partial charge >= 0.3 is 0 Å². The minimum absolute atomic E-state index is 0. The SMILES string of the molecule is COc1ccc(NC(N)=NCC(C)(C)CN(C)C)cc1OC.I. The molecule has 1 aromatic carbocycles. The first-order valence-corrected chi connectivity index (χ1v) is 7.21. The number of halogens is 1. The Hall–Kier alpha value is -1.22. The molecule has 0 amide bonds. The predicted octanol–water partition coefficient (Wildman–Crippen LogP) is 2.64. The Balaban J connectivity index is 0.00000484. The molecule has 0 saturated carbocycles. The molecular formula is C16H29IN4O2. The molecule has 0 heterocycles. The van der Waals surface area contributed by atoms with Crippen molar-refractivity contribution >= 4 is 35.6 Å². The van der Waals surface area contributed by atoms with Gasteiger partial charge in [-0.25, -0.2) is 0 Å². The normalized spacial score (nSPS) is 11.9. The Bertz CT molecular complexity index is 519. The van der Waals surface area contributed by atoms with Crippen molar-refractivity contribution in [2.45, 2.75) is 13.8 Å². The van der Waals surface area contributed by atoms with E-state index in [0.717, 1.165) is 12.2 Å². The topological polar surface area (TPSA) is 72.1 Å². The lowest BCUT2D eigenvalue weighted by Gasteiger charge is -2.26. The molecule has 1 rings (SSSR count). The van der Waals surface area contributed by atoms with Gasteiger partial charge in [-0.15, -0.1) is 24.0 Å². The molecule has 0 aliphatic carbocycles. The molecule has 0 radical (unpaired) electrons. The van der Waals surface area contributed by atoms with Crippen molar-refractivity contribution in [2.24, 2.45) is 16.1 Å². The van der Waals surface area contributed by atoms with E-state index in [1.54, 1.807) is 14.2 Å². The van der Waals surface area contributed by atoms with Gasteiger partial charge in [-0.2, -0.15) is 0 Å². The number of anilines is 1. The number of nitrogens with two attached hydrogens (primary N) is 1. The highest BCUT2D eigenvalue weighted by Crippen LogP contribution is 2.29. The van der Waals surface area contributed by atoms with Gasteiger partial charge < -0.3 is 25.4 Å². The molecule has 132 valence electrons. The summed E-state index contributed by atoms with van der Waals surface area (Å²) < 4.78 is 10.5. The largest absolute Gasteiger partial charge is 0.493 e. The summed E-state index contributed by atoms with van der Waals surface area (Å²) in [5, 5.41) is 3.07. The number of ether oxygens (including phenoxy) is 2. The van der Waals surface area contributed by atoms with Crippen LogP contribution in [0.5, 0.6) is 11.5 Å². The highest BCUT2D eigenvalue weighted by molar-refractivity contribution is 14.0. The fraction of sp³-hybridized carbons (Fsp3) is 0.562. The smallest absolute Gasteiger partial charge is 0.193 e. The van der Waals surface area contributed by atoms with E-state index in [-0.39, 0.29) is 29.4 Å². The molecule has 7 heteroatoms. The molecule has 0 atom stereocenters. The maximum atomic E-state index is 5.96. The third-order valence-corrected chi connectivity index (χ3v) is 3.08. The molecule has 0 aliphatic heterocycles. The number of nitrogens with zero attached hydrogens (tertiary/aromatic N) is 2. The minimum Gasteiger partial charge on any atom is -0.493 e. The number of hydrogen-bond donors (Lipinski definition) is 2. The molecule has 0 saturated heterocycles. The van der Waals surface area contributed by atoms with Crippen molar-refractivity contribution in [3.63, 3.8) is 0 Å². The van der Waals surface area contributed by atoms with Gasteiger partial charge in [-0.3, -0.25) is 4.99 Å². The summed E-state index contributed by atoms with van der Waals surface area (Å²) in [5.41, 5.74) is 6.83. The molecule has 0 aromatic heterocycles. The van der Waals surface area contributed by atoms with Gasteiger partial charge in [0, 0.05) is 24.8 Å². The van der Waals surface area contributed by atoms with Gasteiger partial charge in [0.2, 0.25) is 0 Å². The average Bonchev–Trinajstić information content (AvgIpc) is 2.44. The number of guanidine groups is 1. The Kier molecular flexibility index (Phi) is 9.29. The van der Waals surface area contributed by atoms with Crippen LogP contribution in [0.1, 0.15) is 13.8 Å². The molecule has 1 aromatic rings. The van der Waals surface area contributed by atoms with Gasteiger partial charge in [0.1, 0.15) is 0 Å². The van der Waals surface area contributed by atoms with E-state index in [1.807, 2.05) is 18.2 Å². The first-order valence-electron chi connectivity index (χ1n) is 7.21. The van der Waals surface area contributed by atoms with Crippen LogP contribution in [0.4, 0.5) is 5.69 Å². The highest BCUT2D eigenvalue weighted by atomic mass is 127. The van der Waals surface area contributed by atoms with Crippen LogP contribution in [0.15, 0.2) is 23.2 Å². The number of aliphatic imine (C=N–C) groups is 1. The fourth-order valence-corrected chi connectivity index (χ4v) is 2.31. The second-order valence-corrected chi connectivity index (χ2v) is 6.30. The summed E-state index contributed by atoms with van der Waals surface area (Å²) >= 11 is 0. The molecule has 0 spiro atoms. The van der Waals surface area contributed by atoms with Crippen LogP contribution in [0.2, 0.25) is 0 Å². The number of rotatable bonds is 7. The van der Waals surface area contributed by atoms with E-state index in [1.165, 1.54) is 0 Å². The van der Waals surface area contributed by atoms with Crippen LogP contribution in [-0.2, 0) is 0 Å². The maximum absolute atomic E-state index is 5.96. The monoisotopic (exact) mass is 436 g/mol. The Morgan fingerprint density at radius 3 is 2.35 bits per heavy atom. The molecule has 23 heavy (non-hydrogen) atoms.